The van der Waals surface area contributed by atoms with Crippen molar-refractivity contribution in [3.8, 4) is 11.3 Å². The zero-order valence-electron chi connectivity index (χ0n) is 15.2. The van der Waals surface area contributed by atoms with Gasteiger partial charge in [0.05, 0.1) is 11.6 Å². The van der Waals surface area contributed by atoms with Crippen molar-refractivity contribution >= 4 is 16.8 Å². The standard InChI is InChI=1S/C22H21N3O/c1-14-9-15(2)11-18(10-14)22-19-12-21(23-13-20(19)26-25-22)24-16(3)17-7-5-4-6-8-17/h4-13,16H,1-3H3,(H,23,24)/t16-/m0/s1. The SMILES string of the molecule is Cc1cc(C)cc(-c2noc3cnc(N[C@@H](C)c4ccccc4)cc23)c1. The van der Waals surface area contributed by atoms with E-state index >= 15 is 0 Å². The normalized spacial score (nSPS) is 12.3. The quantitative estimate of drug-likeness (QED) is 0.518. The third-order valence-electron chi connectivity index (χ3n) is 4.52. The van der Waals surface area contributed by atoms with Crippen molar-refractivity contribution in [2.45, 2.75) is 26.8 Å². The van der Waals surface area contributed by atoms with Gasteiger partial charge in [-0.25, -0.2) is 4.98 Å². The summed E-state index contributed by atoms with van der Waals surface area (Å²) in [4.78, 5) is 4.47. The van der Waals surface area contributed by atoms with Gasteiger partial charge < -0.3 is 9.84 Å². The van der Waals surface area contributed by atoms with Gasteiger partial charge in [-0.1, -0.05) is 52.7 Å². The largest absolute Gasteiger partial charge is 0.364 e. The Labute approximate surface area is 152 Å². The summed E-state index contributed by atoms with van der Waals surface area (Å²) in [6, 6.07) is 18.9. The summed E-state index contributed by atoms with van der Waals surface area (Å²) in [5.41, 5.74) is 6.24. The number of aromatic nitrogens is 2. The third-order valence-corrected chi connectivity index (χ3v) is 4.52. The summed E-state index contributed by atoms with van der Waals surface area (Å²) >= 11 is 0. The first kappa shape index (κ1) is 16.3. The smallest absolute Gasteiger partial charge is 0.185 e. The van der Waals surface area contributed by atoms with Gasteiger partial charge in [-0.05, 0) is 44.5 Å². The van der Waals surface area contributed by atoms with E-state index in [9.17, 15) is 0 Å². The second kappa shape index (κ2) is 6.64. The lowest BCUT2D eigenvalue weighted by Crippen LogP contribution is -2.07. The molecule has 4 nitrogen and oxygen atoms in total. The number of nitrogens with one attached hydrogen (secondary N) is 1. The molecule has 0 saturated carbocycles. The number of benzene rings is 2. The molecule has 1 N–H and O–H groups in total. The lowest BCUT2D eigenvalue weighted by Gasteiger charge is -2.14. The van der Waals surface area contributed by atoms with Crippen LogP contribution in [0.3, 0.4) is 0 Å². The predicted octanol–water partition coefficient (Wildman–Crippen LogP) is 5.68. The Bertz CT molecular complexity index is 1030. The van der Waals surface area contributed by atoms with Gasteiger partial charge >= 0.3 is 0 Å². The van der Waals surface area contributed by atoms with Gasteiger partial charge in [0, 0.05) is 11.6 Å². The Morgan fingerprint density at radius 1 is 0.962 bits per heavy atom. The van der Waals surface area contributed by atoms with E-state index in [-0.39, 0.29) is 6.04 Å². The topological polar surface area (TPSA) is 51.0 Å². The highest BCUT2D eigenvalue weighted by molar-refractivity contribution is 5.92. The molecule has 0 aliphatic heterocycles. The number of nitrogens with zero attached hydrogens (tertiary/aromatic N) is 2. The highest BCUT2D eigenvalue weighted by Gasteiger charge is 2.14. The average Bonchev–Trinajstić information content (AvgIpc) is 3.05. The molecule has 0 unspecified atom stereocenters. The number of rotatable bonds is 4. The third kappa shape index (κ3) is 3.18. The second-order valence-electron chi connectivity index (χ2n) is 6.75. The molecule has 0 amide bonds. The molecule has 4 rings (SSSR count). The number of pyridine rings is 1. The van der Waals surface area contributed by atoms with Crippen LogP contribution in [0.1, 0.15) is 29.7 Å². The van der Waals surface area contributed by atoms with E-state index < -0.39 is 0 Å². The van der Waals surface area contributed by atoms with Crippen molar-refractivity contribution in [1.29, 1.82) is 0 Å². The Morgan fingerprint density at radius 2 is 1.69 bits per heavy atom. The first-order chi connectivity index (χ1) is 12.6. The van der Waals surface area contributed by atoms with Crippen molar-refractivity contribution in [3.63, 3.8) is 0 Å². The van der Waals surface area contributed by atoms with Gasteiger partial charge in [-0.2, -0.15) is 0 Å². The van der Waals surface area contributed by atoms with Gasteiger partial charge in [-0.3, -0.25) is 0 Å². The zero-order valence-corrected chi connectivity index (χ0v) is 15.2. The van der Waals surface area contributed by atoms with E-state index in [2.05, 4.69) is 66.6 Å². The molecule has 0 bridgehead atoms. The second-order valence-corrected chi connectivity index (χ2v) is 6.75. The van der Waals surface area contributed by atoms with E-state index in [4.69, 9.17) is 4.52 Å². The highest BCUT2D eigenvalue weighted by Crippen LogP contribution is 2.31. The van der Waals surface area contributed by atoms with Crippen LogP contribution in [0.15, 0.2) is 65.3 Å². The molecular formula is C22H21N3O. The fourth-order valence-corrected chi connectivity index (χ4v) is 3.29. The molecule has 130 valence electrons. The maximum atomic E-state index is 5.49. The fraction of sp³-hybridized carbons (Fsp3) is 0.182. The van der Waals surface area contributed by atoms with E-state index in [1.165, 1.54) is 16.7 Å². The Hall–Kier alpha value is -3.14. The van der Waals surface area contributed by atoms with Gasteiger partial charge in [0.1, 0.15) is 11.5 Å². The Kier molecular flexibility index (Phi) is 4.17. The monoisotopic (exact) mass is 343 g/mol. The first-order valence-electron chi connectivity index (χ1n) is 8.76. The lowest BCUT2D eigenvalue weighted by atomic mass is 10.0. The maximum absolute atomic E-state index is 5.49. The molecule has 2 heterocycles. The first-order valence-corrected chi connectivity index (χ1v) is 8.76. The molecule has 0 aliphatic rings. The van der Waals surface area contributed by atoms with E-state index in [0.29, 0.717) is 5.58 Å². The molecule has 0 spiro atoms. The summed E-state index contributed by atoms with van der Waals surface area (Å²) in [7, 11) is 0. The van der Waals surface area contributed by atoms with Crippen LogP contribution >= 0.6 is 0 Å². The number of hydrogen-bond donors (Lipinski definition) is 1. The van der Waals surface area contributed by atoms with Crippen LogP contribution in [0, 0.1) is 13.8 Å². The van der Waals surface area contributed by atoms with Gasteiger partial charge in [0.2, 0.25) is 0 Å². The minimum absolute atomic E-state index is 0.158. The Morgan fingerprint density at radius 3 is 2.42 bits per heavy atom. The molecule has 26 heavy (non-hydrogen) atoms. The Balaban J connectivity index is 1.70. The molecule has 2 aromatic heterocycles. The van der Waals surface area contributed by atoms with Crippen LogP contribution in [-0.4, -0.2) is 10.1 Å². The molecule has 2 aromatic carbocycles. The van der Waals surface area contributed by atoms with Crippen LogP contribution < -0.4 is 5.32 Å². The lowest BCUT2D eigenvalue weighted by molar-refractivity contribution is 0.458. The molecule has 4 aromatic rings. The van der Waals surface area contributed by atoms with Gasteiger partial charge in [-0.15, -0.1) is 0 Å². The molecule has 0 aliphatic carbocycles. The van der Waals surface area contributed by atoms with Crippen molar-refractivity contribution in [3.05, 3.63) is 77.5 Å². The highest BCUT2D eigenvalue weighted by atomic mass is 16.5. The minimum Gasteiger partial charge on any atom is -0.364 e. The average molecular weight is 343 g/mol. The number of fused-ring (bicyclic) bond motifs is 1. The van der Waals surface area contributed by atoms with Crippen LogP contribution in [0.4, 0.5) is 5.82 Å². The summed E-state index contributed by atoms with van der Waals surface area (Å²) in [6.45, 7) is 6.31. The minimum atomic E-state index is 0.158. The summed E-state index contributed by atoms with van der Waals surface area (Å²) in [5.74, 6) is 0.808. The predicted molar refractivity (Wildman–Crippen MR) is 105 cm³/mol. The van der Waals surface area contributed by atoms with Gasteiger partial charge in [0.25, 0.3) is 0 Å². The van der Waals surface area contributed by atoms with E-state index in [1.807, 2.05) is 24.3 Å². The molecule has 1 atom stereocenters. The summed E-state index contributed by atoms with van der Waals surface area (Å²) < 4.78 is 5.49. The molecule has 0 saturated heterocycles. The molecule has 4 heteroatoms. The van der Waals surface area contributed by atoms with Crippen LogP contribution in [-0.2, 0) is 0 Å². The summed E-state index contributed by atoms with van der Waals surface area (Å²) in [6.07, 6.45) is 1.73. The summed E-state index contributed by atoms with van der Waals surface area (Å²) in [5, 5.41) is 8.71. The molecule has 0 fully saturated rings. The van der Waals surface area contributed by atoms with Gasteiger partial charge in [0.15, 0.2) is 5.58 Å². The van der Waals surface area contributed by atoms with Crippen LogP contribution in [0.25, 0.3) is 22.2 Å². The number of aryl methyl sites for hydroxylation is 2. The van der Waals surface area contributed by atoms with E-state index in [1.54, 1.807) is 6.20 Å². The fourth-order valence-electron chi connectivity index (χ4n) is 3.29. The number of hydrogen-bond acceptors (Lipinski definition) is 4. The zero-order chi connectivity index (χ0) is 18.1. The van der Waals surface area contributed by atoms with Crippen LogP contribution in [0.5, 0.6) is 0 Å². The maximum Gasteiger partial charge on any atom is 0.185 e. The molecule has 0 radical (unpaired) electrons. The van der Waals surface area contributed by atoms with Crippen molar-refractivity contribution in [2.24, 2.45) is 0 Å². The van der Waals surface area contributed by atoms with Crippen molar-refractivity contribution < 1.29 is 4.52 Å². The number of anilines is 1. The van der Waals surface area contributed by atoms with Crippen LogP contribution in [0.2, 0.25) is 0 Å². The van der Waals surface area contributed by atoms with Crippen molar-refractivity contribution in [2.75, 3.05) is 5.32 Å². The molecular weight excluding hydrogens is 322 g/mol. The van der Waals surface area contributed by atoms with E-state index in [0.717, 1.165) is 22.5 Å². The van der Waals surface area contributed by atoms with Crippen molar-refractivity contribution in [1.82, 2.24) is 10.1 Å².